The maximum atomic E-state index is 5.50. The molecular weight excluding hydrogens is 204 g/mol. The number of hydrogen-bond acceptors (Lipinski definition) is 5. The highest BCUT2D eigenvalue weighted by molar-refractivity contribution is 5.17. The Balaban J connectivity index is 1.76. The molecule has 2 rings (SSSR count). The molecule has 0 aliphatic heterocycles. The van der Waals surface area contributed by atoms with E-state index in [0.29, 0.717) is 11.9 Å². The zero-order chi connectivity index (χ0) is 11.4. The monoisotopic (exact) mass is 224 g/mol. The molecule has 5 nitrogen and oxygen atoms in total. The van der Waals surface area contributed by atoms with Crippen LogP contribution in [0, 0.1) is 5.92 Å². The quantitative estimate of drug-likeness (QED) is 0.741. The first-order chi connectivity index (χ1) is 7.79. The Morgan fingerprint density at radius 2 is 2.25 bits per heavy atom. The molecule has 1 aliphatic carbocycles. The second kappa shape index (κ2) is 5.30. The van der Waals surface area contributed by atoms with Gasteiger partial charge < -0.3 is 15.1 Å². The summed E-state index contributed by atoms with van der Waals surface area (Å²) in [7, 11) is 0. The standard InChI is InChI=1S/C11H20N4O/c1-3-12-8(2)10-14-15-11(16-10)13-7-6-9-4-5-9/h8-9,12H,3-7H2,1-2H3,(H,13,15). The van der Waals surface area contributed by atoms with Crippen molar-refractivity contribution in [1.82, 2.24) is 15.5 Å². The van der Waals surface area contributed by atoms with Crippen LogP contribution in [0.15, 0.2) is 4.42 Å². The molecule has 0 bridgehead atoms. The highest BCUT2D eigenvalue weighted by Gasteiger charge is 2.20. The molecule has 1 aliphatic rings. The number of rotatable bonds is 7. The number of anilines is 1. The van der Waals surface area contributed by atoms with Crippen LogP contribution in [0.2, 0.25) is 0 Å². The average molecular weight is 224 g/mol. The van der Waals surface area contributed by atoms with E-state index in [2.05, 4.69) is 27.8 Å². The Kier molecular flexibility index (Phi) is 3.77. The van der Waals surface area contributed by atoms with Crippen LogP contribution >= 0.6 is 0 Å². The fourth-order valence-electron chi connectivity index (χ4n) is 1.66. The Hall–Kier alpha value is -1.10. The fourth-order valence-corrected chi connectivity index (χ4v) is 1.66. The number of aromatic nitrogens is 2. The summed E-state index contributed by atoms with van der Waals surface area (Å²) >= 11 is 0. The molecule has 1 aromatic rings. The van der Waals surface area contributed by atoms with Gasteiger partial charge in [-0.1, -0.05) is 24.9 Å². The zero-order valence-electron chi connectivity index (χ0n) is 9.99. The van der Waals surface area contributed by atoms with Crippen molar-refractivity contribution < 1.29 is 4.42 Å². The van der Waals surface area contributed by atoms with E-state index < -0.39 is 0 Å². The minimum atomic E-state index is 0.122. The van der Waals surface area contributed by atoms with E-state index in [0.717, 1.165) is 19.0 Å². The van der Waals surface area contributed by atoms with Gasteiger partial charge in [0.25, 0.3) is 0 Å². The van der Waals surface area contributed by atoms with Gasteiger partial charge in [-0.25, -0.2) is 0 Å². The third-order valence-electron chi connectivity index (χ3n) is 2.85. The van der Waals surface area contributed by atoms with Crippen LogP contribution in [0.4, 0.5) is 6.01 Å². The Morgan fingerprint density at radius 3 is 2.94 bits per heavy atom. The molecule has 1 heterocycles. The van der Waals surface area contributed by atoms with Gasteiger partial charge in [0.2, 0.25) is 5.89 Å². The summed E-state index contributed by atoms with van der Waals surface area (Å²) in [5, 5.41) is 14.4. The minimum Gasteiger partial charge on any atom is -0.406 e. The van der Waals surface area contributed by atoms with E-state index >= 15 is 0 Å². The lowest BCUT2D eigenvalue weighted by Gasteiger charge is -2.05. The molecule has 0 aromatic carbocycles. The molecule has 0 spiro atoms. The van der Waals surface area contributed by atoms with Crippen molar-refractivity contribution in [3.63, 3.8) is 0 Å². The van der Waals surface area contributed by atoms with Crippen molar-refractivity contribution in [2.75, 3.05) is 18.4 Å². The second-order valence-electron chi connectivity index (χ2n) is 4.38. The molecule has 5 heteroatoms. The Morgan fingerprint density at radius 1 is 1.44 bits per heavy atom. The summed E-state index contributed by atoms with van der Waals surface area (Å²) in [6, 6.07) is 0.664. The second-order valence-corrected chi connectivity index (χ2v) is 4.38. The van der Waals surface area contributed by atoms with Crippen molar-refractivity contribution in [2.45, 2.75) is 39.2 Å². The van der Waals surface area contributed by atoms with Crippen LogP contribution in [0.25, 0.3) is 0 Å². The molecule has 1 fully saturated rings. The molecule has 1 atom stereocenters. The first-order valence-electron chi connectivity index (χ1n) is 6.10. The smallest absolute Gasteiger partial charge is 0.315 e. The summed E-state index contributed by atoms with van der Waals surface area (Å²) in [4.78, 5) is 0. The van der Waals surface area contributed by atoms with E-state index in [-0.39, 0.29) is 6.04 Å². The average Bonchev–Trinajstić information content (AvgIpc) is 2.95. The van der Waals surface area contributed by atoms with Crippen molar-refractivity contribution in [3.05, 3.63) is 5.89 Å². The molecule has 2 N–H and O–H groups in total. The topological polar surface area (TPSA) is 63.0 Å². The minimum absolute atomic E-state index is 0.122. The maximum Gasteiger partial charge on any atom is 0.315 e. The van der Waals surface area contributed by atoms with Gasteiger partial charge in [-0.2, -0.15) is 0 Å². The van der Waals surface area contributed by atoms with Gasteiger partial charge in [0.1, 0.15) is 0 Å². The van der Waals surface area contributed by atoms with E-state index in [4.69, 9.17) is 4.42 Å². The SMILES string of the molecule is CCNC(C)c1nnc(NCCC2CC2)o1. The Labute approximate surface area is 96.0 Å². The normalized spacial score (nSPS) is 17.4. The van der Waals surface area contributed by atoms with E-state index in [1.807, 2.05) is 6.92 Å². The van der Waals surface area contributed by atoms with E-state index in [9.17, 15) is 0 Å². The van der Waals surface area contributed by atoms with Gasteiger partial charge in [-0.05, 0) is 25.8 Å². The van der Waals surface area contributed by atoms with Crippen molar-refractivity contribution in [1.29, 1.82) is 0 Å². The molecule has 0 amide bonds. The van der Waals surface area contributed by atoms with Gasteiger partial charge in [0.15, 0.2) is 0 Å². The summed E-state index contributed by atoms with van der Waals surface area (Å²) in [5.74, 6) is 1.58. The molecule has 1 aromatic heterocycles. The highest BCUT2D eigenvalue weighted by Crippen LogP contribution is 2.32. The van der Waals surface area contributed by atoms with Crippen molar-refractivity contribution in [2.24, 2.45) is 5.92 Å². The molecule has 1 saturated carbocycles. The summed E-state index contributed by atoms with van der Waals surface area (Å²) < 4.78 is 5.50. The third kappa shape index (κ3) is 3.20. The lowest BCUT2D eigenvalue weighted by atomic mass is 10.3. The largest absolute Gasteiger partial charge is 0.406 e. The number of hydrogen-bond donors (Lipinski definition) is 2. The molecule has 0 saturated heterocycles. The van der Waals surface area contributed by atoms with E-state index in [1.165, 1.54) is 19.3 Å². The van der Waals surface area contributed by atoms with Gasteiger partial charge in [0.05, 0.1) is 6.04 Å². The van der Waals surface area contributed by atoms with Crippen molar-refractivity contribution >= 4 is 6.01 Å². The Bertz CT molecular complexity index is 322. The molecule has 16 heavy (non-hydrogen) atoms. The molecular formula is C11H20N4O. The van der Waals surface area contributed by atoms with Gasteiger partial charge in [-0.15, -0.1) is 5.10 Å². The lowest BCUT2D eigenvalue weighted by Crippen LogP contribution is -2.17. The summed E-state index contributed by atoms with van der Waals surface area (Å²) in [6.07, 6.45) is 3.98. The van der Waals surface area contributed by atoms with Crippen LogP contribution in [0.3, 0.4) is 0 Å². The predicted octanol–water partition coefficient (Wildman–Crippen LogP) is 1.95. The molecule has 90 valence electrons. The summed E-state index contributed by atoms with van der Waals surface area (Å²) in [6.45, 7) is 5.91. The van der Waals surface area contributed by atoms with E-state index in [1.54, 1.807) is 0 Å². The predicted molar refractivity (Wildman–Crippen MR) is 62.2 cm³/mol. The maximum absolute atomic E-state index is 5.50. The number of nitrogens with one attached hydrogen (secondary N) is 2. The summed E-state index contributed by atoms with van der Waals surface area (Å²) in [5.41, 5.74) is 0. The highest BCUT2D eigenvalue weighted by atomic mass is 16.4. The first-order valence-corrected chi connectivity index (χ1v) is 6.10. The number of nitrogens with zero attached hydrogens (tertiary/aromatic N) is 2. The van der Waals surface area contributed by atoms with Crippen LogP contribution < -0.4 is 10.6 Å². The molecule has 1 unspecified atom stereocenters. The first kappa shape index (κ1) is 11.4. The van der Waals surface area contributed by atoms with Crippen LogP contribution in [-0.4, -0.2) is 23.3 Å². The lowest BCUT2D eigenvalue weighted by molar-refractivity contribution is 0.428. The fraction of sp³-hybridized carbons (Fsp3) is 0.818. The third-order valence-corrected chi connectivity index (χ3v) is 2.85. The van der Waals surface area contributed by atoms with Gasteiger partial charge >= 0.3 is 6.01 Å². The zero-order valence-corrected chi connectivity index (χ0v) is 9.99. The van der Waals surface area contributed by atoms with Crippen LogP contribution in [0.1, 0.15) is 45.0 Å². The van der Waals surface area contributed by atoms with Crippen LogP contribution in [0.5, 0.6) is 0 Å². The van der Waals surface area contributed by atoms with Crippen LogP contribution in [-0.2, 0) is 0 Å². The van der Waals surface area contributed by atoms with Gasteiger partial charge in [-0.3, -0.25) is 0 Å². The molecule has 0 radical (unpaired) electrons. The van der Waals surface area contributed by atoms with Gasteiger partial charge in [0, 0.05) is 6.54 Å². The van der Waals surface area contributed by atoms with Crippen molar-refractivity contribution in [3.8, 4) is 0 Å².